The normalized spacial score (nSPS) is 22.3. The van der Waals surface area contributed by atoms with Crippen molar-refractivity contribution < 1.29 is 14.7 Å². The Kier molecular flexibility index (Phi) is 3.74. The van der Waals surface area contributed by atoms with Crippen LogP contribution in [-0.4, -0.2) is 41.6 Å². The monoisotopic (exact) mass is 262 g/mol. The minimum atomic E-state index is -0.829. The topological polar surface area (TPSA) is 60.9 Å². The predicted molar refractivity (Wildman–Crippen MR) is 72.2 cm³/mol. The summed E-state index contributed by atoms with van der Waals surface area (Å²) in [6.07, 6.45) is 0.519. The molecule has 0 aromatic heterocycles. The molecule has 1 aliphatic rings. The van der Waals surface area contributed by atoms with Gasteiger partial charge in [0.25, 0.3) is 0 Å². The Balaban J connectivity index is 2.11. The maximum absolute atomic E-state index is 12.4. The van der Waals surface area contributed by atoms with Crippen molar-refractivity contribution in [3.63, 3.8) is 0 Å². The van der Waals surface area contributed by atoms with Crippen LogP contribution in [0.4, 0.5) is 10.5 Å². The molecule has 19 heavy (non-hydrogen) atoms. The van der Waals surface area contributed by atoms with Crippen molar-refractivity contribution >= 4 is 17.7 Å². The summed E-state index contributed by atoms with van der Waals surface area (Å²) < 4.78 is 0. The lowest BCUT2D eigenvalue weighted by molar-refractivity contribution is -0.142. The van der Waals surface area contributed by atoms with Crippen LogP contribution in [0.5, 0.6) is 0 Å². The fraction of sp³-hybridized carbons (Fsp3) is 0.429. The number of nitrogens with zero attached hydrogens (tertiary/aromatic N) is 2. The number of carboxylic acids is 1. The Hall–Kier alpha value is -2.04. The van der Waals surface area contributed by atoms with Gasteiger partial charge in [0.1, 0.15) is 0 Å². The Morgan fingerprint density at radius 2 is 1.95 bits per heavy atom. The standard InChI is InChI=1S/C14H18N2O3/c1-10-12(13(17)18)8-9-16(10)14(19)15(2)11-6-4-3-5-7-11/h3-7,10,12H,8-9H2,1-2H3,(H,17,18). The highest BCUT2D eigenvalue weighted by atomic mass is 16.4. The smallest absolute Gasteiger partial charge is 0.324 e. The number of para-hydroxylation sites is 1. The Morgan fingerprint density at radius 3 is 2.47 bits per heavy atom. The van der Waals surface area contributed by atoms with Gasteiger partial charge in [0, 0.05) is 25.3 Å². The molecule has 0 bridgehead atoms. The van der Waals surface area contributed by atoms with Gasteiger partial charge in [-0.2, -0.15) is 0 Å². The highest BCUT2D eigenvalue weighted by molar-refractivity contribution is 5.92. The van der Waals surface area contributed by atoms with E-state index >= 15 is 0 Å². The van der Waals surface area contributed by atoms with Gasteiger partial charge < -0.3 is 10.0 Å². The number of anilines is 1. The molecule has 0 aliphatic carbocycles. The molecule has 1 N–H and O–H groups in total. The van der Waals surface area contributed by atoms with E-state index in [1.54, 1.807) is 23.8 Å². The first-order valence-corrected chi connectivity index (χ1v) is 6.34. The molecule has 0 radical (unpaired) electrons. The van der Waals surface area contributed by atoms with Crippen LogP contribution in [0.3, 0.4) is 0 Å². The van der Waals surface area contributed by atoms with Crippen LogP contribution < -0.4 is 4.90 Å². The number of aliphatic carboxylic acids is 1. The molecular formula is C14H18N2O3. The fourth-order valence-electron chi connectivity index (χ4n) is 2.49. The zero-order valence-electron chi connectivity index (χ0n) is 11.1. The maximum atomic E-state index is 12.4. The molecule has 5 heteroatoms. The molecule has 102 valence electrons. The first-order chi connectivity index (χ1) is 9.02. The van der Waals surface area contributed by atoms with Gasteiger partial charge in [0.2, 0.25) is 0 Å². The molecule has 1 aromatic rings. The average molecular weight is 262 g/mol. The van der Waals surface area contributed by atoms with E-state index < -0.39 is 11.9 Å². The van der Waals surface area contributed by atoms with Crippen molar-refractivity contribution in [2.45, 2.75) is 19.4 Å². The number of carbonyl (C=O) groups excluding carboxylic acids is 1. The molecule has 1 heterocycles. The van der Waals surface area contributed by atoms with Crippen LogP contribution in [0.15, 0.2) is 30.3 Å². The van der Waals surface area contributed by atoms with E-state index in [2.05, 4.69) is 0 Å². The van der Waals surface area contributed by atoms with E-state index in [1.807, 2.05) is 30.3 Å². The predicted octanol–water partition coefficient (Wildman–Crippen LogP) is 2.04. The first kappa shape index (κ1) is 13.4. The van der Waals surface area contributed by atoms with E-state index in [9.17, 15) is 9.59 Å². The summed E-state index contributed by atoms with van der Waals surface area (Å²) in [6, 6.07) is 8.92. The van der Waals surface area contributed by atoms with Gasteiger partial charge >= 0.3 is 12.0 Å². The van der Waals surface area contributed by atoms with Crippen molar-refractivity contribution in [3.8, 4) is 0 Å². The number of carbonyl (C=O) groups is 2. The highest BCUT2D eigenvalue weighted by Crippen LogP contribution is 2.26. The van der Waals surface area contributed by atoms with Crippen LogP contribution in [0.2, 0.25) is 0 Å². The summed E-state index contributed by atoms with van der Waals surface area (Å²) in [5.41, 5.74) is 0.804. The first-order valence-electron chi connectivity index (χ1n) is 6.34. The van der Waals surface area contributed by atoms with Crippen LogP contribution >= 0.6 is 0 Å². The van der Waals surface area contributed by atoms with Gasteiger partial charge in [0.15, 0.2) is 0 Å². The van der Waals surface area contributed by atoms with Crippen molar-refractivity contribution in [3.05, 3.63) is 30.3 Å². The van der Waals surface area contributed by atoms with E-state index in [-0.39, 0.29) is 12.1 Å². The third-order valence-electron chi connectivity index (χ3n) is 3.75. The van der Waals surface area contributed by atoms with E-state index in [4.69, 9.17) is 5.11 Å². The molecule has 2 rings (SSSR count). The van der Waals surface area contributed by atoms with Crippen molar-refractivity contribution in [2.24, 2.45) is 5.92 Å². The molecule has 1 aliphatic heterocycles. The summed E-state index contributed by atoms with van der Waals surface area (Å²) in [5, 5.41) is 9.09. The number of hydrogen-bond donors (Lipinski definition) is 1. The quantitative estimate of drug-likeness (QED) is 0.887. The Bertz CT molecular complexity index is 475. The largest absolute Gasteiger partial charge is 0.481 e. The number of urea groups is 1. The molecule has 1 aromatic carbocycles. The zero-order valence-corrected chi connectivity index (χ0v) is 11.1. The van der Waals surface area contributed by atoms with Crippen LogP contribution in [0.25, 0.3) is 0 Å². The number of benzene rings is 1. The Labute approximate surface area is 112 Å². The van der Waals surface area contributed by atoms with Crippen molar-refractivity contribution in [2.75, 3.05) is 18.5 Å². The maximum Gasteiger partial charge on any atom is 0.324 e. The third kappa shape index (κ3) is 2.54. The van der Waals surface area contributed by atoms with E-state index in [1.165, 1.54) is 0 Å². The second-order valence-corrected chi connectivity index (χ2v) is 4.84. The summed E-state index contributed by atoms with van der Waals surface area (Å²) >= 11 is 0. The lowest BCUT2D eigenvalue weighted by Gasteiger charge is -2.28. The SMILES string of the molecule is CC1C(C(=O)O)CCN1C(=O)N(C)c1ccccc1. The van der Waals surface area contributed by atoms with Crippen LogP contribution in [-0.2, 0) is 4.79 Å². The summed E-state index contributed by atoms with van der Waals surface area (Å²) in [6.45, 7) is 2.29. The van der Waals surface area contributed by atoms with Gasteiger partial charge in [-0.15, -0.1) is 0 Å². The molecule has 1 saturated heterocycles. The fourth-order valence-corrected chi connectivity index (χ4v) is 2.49. The molecule has 0 spiro atoms. The summed E-state index contributed by atoms with van der Waals surface area (Å²) in [4.78, 5) is 26.6. The average Bonchev–Trinajstić information content (AvgIpc) is 2.80. The molecule has 2 unspecified atom stereocenters. The number of rotatable bonds is 2. The molecular weight excluding hydrogens is 244 g/mol. The van der Waals surface area contributed by atoms with Gasteiger partial charge in [-0.05, 0) is 25.5 Å². The summed E-state index contributed by atoms with van der Waals surface area (Å²) in [7, 11) is 1.71. The number of amides is 2. The Morgan fingerprint density at radius 1 is 1.32 bits per heavy atom. The minimum absolute atomic E-state index is 0.151. The third-order valence-corrected chi connectivity index (χ3v) is 3.75. The van der Waals surface area contributed by atoms with Gasteiger partial charge in [-0.1, -0.05) is 18.2 Å². The molecule has 2 amide bonds. The lowest BCUT2D eigenvalue weighted by Crippen LogP contribution is -2.44. The second kappa shape index (κ2) is 5.30. The second-order valence-electron chi connectivity index (χ2n) is 4.84. The lowest BCUT2D eigenvalue weighted by atomic mass is 10.0. The minimum Gasteiger partial charge on any atom is -0.481 e. The number of likely N-dealkylation sites (tertiary alicyclic amines) is 1. The van der Waals surface area contributed by atoms with Crippen molar-refractivity contribution in [1.29, 1.82) is 0 Å². The van der Waals surface area contributed by atoms with Crippen LogP contribution in [0, 0.1) is 5.92 Å². The zero-order chi connectivity index (χ0) is 14.0. The van der Waals surface area contributed by atoms with Gasteiger partial charge in [-0.25, -0.2) is 4.79 Å². The summed E-state index contributed by atoms with van der Waals surface area (Å²) in [5.74, 6) is -1.29. The number of hydrogen-bond acceptors (Lipinski definition) is 2. The number of carboxylic acid groups (broad SMARTS) is 1. The molecule has 5 nitrogen and oxygen atoms in total. The van der Waals surface area contributed by atoms with E-state index in [0.29, 0.717) is 13.0 Å². The van der Waals surface area contributed by atoms with Crippen LogP contribution in [0.1, 0.15) is 13.3 Å². The highest BCUT2D eigenvalue weighted by Gasteiger charge is 2.39. The van der Waals surface area contributed by atoms with E-state index in [0.717, 1.165) is 5.69 Å². The molecule has 1 fully saturated rings. The van der Waals surface area contributed by atoms with Gasteiger partial charge in [-0.3, -0.25) is 9.69 Å². The van der Waals surface area contributed by atoms with Gasteiger partial charge in [0.05, 0.1) is 5.92 Å². The molecule has 2 atom stereocenters. The van der Waals surface area contributed by atoms with Crippen molar-refractivity contribution in [1.82, 2.24) is 4.90 Å². The molecule has 0 saturated carbocycles.